The Morgan fingerprint density at radius 1 is 1.35 bits per heavy atom. The van der Waals surface area contributed by atoms with E-state index in [0.717, 1.165) is 16.9 Å². The van der Waals surface area contributed by atoms with Crippen molar-refractivity contribution in [3.63, 3.8) is 0 Å². The van der Waals surface area contributed by atoms with Gasteiger partial charge in [-0.1, -0.05) is 12.1 Å². The third-order valence-corrected chi connectivity index (χ3v) is 4.00. The van der Waals surface area contributed by atoms with Gasteiger partial charge in [0.2, 0.25) is 0 Å². The minimum absolute atomic E-state index is 0.333. The highest BCUT2D eigenvalue weighted by Crippen LogP contribution is 2.26. The fourth-order valence-electron chi connectivity index (χ4n) is 1.83. The van der Waals surface area contributed by atoms with Crippen LogP contribution in [-0.2, 0) is 6.61 Å². The number of aryl methyl sites for hydroxylation is 2. The Morgan fingerprint density at radius 2 is 2.05 bits per heavy atom. The number of aromatic nitrogens is 1. The summed E-state index contributed by atoms with van der Waals surface area (Å²) >= 11 is 1.25. The zero-order chi connectivity index (χ0) is 14.7. The Labute approximate surface area is 121 Å². The number of ether oxygens (including phenoxy) is 1. The van der Waals surface area contributed by atoms with Gasteiger partial charge in [-0.05, 0) is 37.5 Å². The number of nitrogens with two attached hydrogens (primary N) is 1. The molecule has 1 amide bonds. The van der Waals surface area contributed by atoms with Gasteiger partial charge in [0.05, 0.1) is 5.69 Å². The molecule has 0 saturated heterocycles. The lowest BCUT2D eigenvalue weighted by molar-refractivity contribution is 0.0953. The Bertz CT molecular complexity index is 637. The third kappa shape index (κ3) is 2.97. The summed E-state index contributed by atoms with van der Waals surface area (Å²) in [5.74, 6) is 5.56. The maximum Gasteiger partial charge on any atom is 0.294 e. The van der Waals surface area contributed by atoms with E-state index in [1.807, 2.05) is 26.8 Å². The van der Waals surface area contributed by atoms with Gasteiger partial charge in [-0.25, -0.2) is 10.8 Å². The van der Waals surface area contributed by atoms with Crippen molar-refractivity contribution in [1.29, 1.82) is 0 Å². The lowest BCUT2D eigenvalue weighted by atomic mass is 10.1. The molecule has 1 aromatic carbocycles. The summed E-state index contributed by atoms with van der Waals surface area (Å²) in [4.78, 5) is 15.5. The van der Waals surface area contributed by atoms with E-state index < -0.39 is 0 Å². The molecule has 5 nitrogen and oxygen atoms in total. The van der Waals surface area contributed by atoms with Gasteiger partial charge in [0.1, 0.15) is 12.4 Å². The van der Waals surface area contributed by atoms with Gasteiger partial charge in [0, 0.05) is 5.38 Å². The number of hydrazine groups is 1. The zero-order valence-electron chi connectivity index (χ0n) is 11.7. The molecule has 20 heavy (non-hydrogen) atoms. The molecule has 0 aliphatic carbocycles. The number of carbonyl (C=O) groups excluding carboxylic acids is 1. The van der Waals surface area contributed by atoms with Gasteiger partial charge < -0.3 is 4.74 Å². The van der Waals surface area contributed by atoms with Crippen LogP contribution in [0.5, 0.6) is 5.75 Å². The standard InChI is InChI=1S/C14H17N3O2S/c1-8-4-5-9(2)12(10(8)3)19-6-11-7-20-14(16-11)13(18)17-15/h4-5,7H,6,15H2,1-3H3,(H,17,18). The molecule has 0 radical (unpaired) electrons. The highest BCUT2D eigenvalue weighted by Gasteiger charge is 2.11. The summed E-state index contributed by atoms with van der Waals surface area (Å²) < 4.78 is 5.84. The van der Waals surface area contributed by atoms with Crippen LogP contribution in [-0.4, -0.2) is 10.9 Å². The first-order valence-corrected chi connectivity index (χ1v) is 7.06. The number of nitrogen functional groups attached to an aromatic ring is 1. The first-order chi connectivity index (χ1) is 9.52. The van der Waals surface area contributed by atoms with Crippen molar-refractivity contribution >= 4 is 17.2 Å². The van der Waals surface area contributed by atoms with E-state index in [9.17, 15) is 4.79 Å². The smallest absolute Gasteiger partial charge is 0.294 e. The summed E-state index contributed by atoms with van der Waals surface area (Å²) in [6, 6.07) is 4.11. The molecule has 0 spiro atoms. The highest BCUT2D eigenvalue weighted by atomic mass is 32.1. The molecule has 0 saturated carbocycles. The van der Waals surface area contributed by atoms with Gasteiger partial charge in [-0.2, -0.15) is 0 Å². The van der Waals surface area contributed by atoms with E-state index >= 15 is 0 Å². The van der Waals surface area contributed by atoms with E-state index in [0.29, 0.717) is 17.3 Å². The molecule has 0 fully saturated rings. The van der Waals surface area contributed by atoms with E-state index in [1.165, 1.54) is 16.9 Å². The molecule has 1 heterocycles. The number of hydrogen-bond acceptors (Lipinski definition) is 5. The molecule has 2 rings (SSSR count). The predicted molar refractivity (Wildman–Crippen MR) is 78.8 cm³/mol. The van der Waals surface area contributed by atoms with E-state index in [2.05, 4.69) is 16.5 Å². The molecule has 2 aromatic rings. The summed E-state index contributed by atoms with van der Waals surface area (Å²) in [7, 11) is 0. The number of amides is 1. The molecule has 0 aliphatic rings. The van der Waals surface area contributed by atoms with Crippen molar-refractivity contribution in [3.8, 4) is 5.75 Å². The largest absolute Gasteiger partial charge is 0.487 e. The average Bonchev–Trinajstić information content (AvgIpc) is 2.91. The molecule has 106 valence electrons. The molecule has 6 heteroatoms. The second-order valence-electron chi connectivity index (χ2n) is 4.56. The SMILES string of the molecule is Cc1ccc(C)c(OCc2csc(C(=O)NN)n2)c1C. The van der Waals surface area contributed by atoms with Crippen LogP contribution in [0.2, 0.25) is 0 Å². The minimum atomic E-state index is -0.385. The number of nitrogens with zero attached hydrogens (tertiary/aromatic N) is 1. The van der Waals surface area contributed by atoms with Crippen LogP contribution in [0.3, 0.4) is 0 Å². The maximum absolute atomic E-state index is 11.3. The van der Waals surface area contributed by atoms with Gasteiger partial charge in [-0.3, -0.25) is 10.2 Å². The zero-order valence-corrected chi connectivity index (χ0v) is 12.5. The quantitative estimate of drug-likeness (QED) is 0.514. The second-order valence-corrected chi connectivity index (χ2v) is 5.42. The first-order valence-electron chi connectivity index (χ1n) is 6.18. The Kier molecular flexibility index (Phi) is 4.36. The van der Waals surface area contributed by atoms with E-state index in [4.69, 9.17) is 10.6 Å². The number of nitrogens with one attached hydrogen (secondary N) is 1. The summed E-state index contributed by atoms with van der Waals surface area (Å²) in [5, 5.41) is 2.13. The minimum Gasteiger partial charge on any atom is -0.487 e. The maximum atomic E-state index is 11.3. The molecule has 3 N–H and O–H groups in total. The topological polar surface area (TPSA) is 77.2 Å². The lowest BCUT2D eigenvalue weighted by Crippen LogP contribution is -2.29. The van der Waals surface area contributed by atoms with Crippen molar-refractivity contribution in [2.45, 2.75) is 27.4 Å². The van der Waals surface area contributed by atoms with Gasteiger partial charge in [-0.15, -0.1) is 11.3 Å². The second kappa shape index (κ2) is 6.02. The van der Waals surface area contributed by atoms with Crippen LogP contribution in [0.4, 0.5) is 0 Å². The number of thiazole rings is 1. The van der Waals surface area contributed by atoms with Crippen LogP contribution in [0, 0.1) is 20.8 Å². The Morgan fingerprint density at radius 3 is 2.75 bits per heavy atom. The molecule has 0 atom stereocenters. The molecule has 0 aliphatic heterocycles. The van der Waals surface area contributed by atoms with Crippen molar-refractivity contribution in [3.05, 3.63) is 44.9 Å². The van der Waals surface area contributed by atoms with Gasteiger partial charge in [0.15, 0.2) is 5.01 Å². The van der Waals surface area contributed by atoms with Gasteiger partial charge in [0.25, 0.3) is 5.91 Å². The monoisotopic (exact) mass is 291 g/mol. The molecular weight excluding hydrogens is 274 g/mol. The van der Waals surface area contributed by atoms with Crippen LogP contribution in [0.25, 0.3) is 0 Å². The number of hydrogen-bond donors (Lipinski definition) is 2. The van der Waals surface area contributed by atoms with E-state index in [-0.39, 0.29) is 5.91 Å². The summed E-state index contributed by atoms with van der Waals surface area (Å²) in [6.07, 6.45) is 0. The summed E-state index contributed by atoms with van der Waals surface area (Å²) in [6.45, 7) is 6.43. The highest BCUT2D eigenvalue weighted by molar-refractivity contribution is 7.11. The third-order valence-electron chi connectivity index (χ3n) is 3.12. The van der Waals surface area contributed by atoms with Crippen LogP contribution >= 0.6 is 11.3 Å². The fraction of sp³-hybridized carbons (Fsp3) is 0.286. The normalized spacial score (nSPS) is 10.4. The number of carbonyl (C=O) groups is 1. The first kappa shape index (κ1) is 14.5. The Hall–Kier alpha value is -1.92. The van der Waals surface area contributed by atoms with Crippen molar-refractivity contribution in [2.24, 2.45) is 5.84 Å². The van der Waals surface area contributed by atoms with Crippen LogP contribution in [0.1, 0.15) is 32.2 Å². The number of benzene rings is 1. The molecular formula is C14H17N3O2S. The van der Waals surface area contributed by atoms with Crippen molar-refractivity contribution in [2.75, 3.05) is 0 Å². The fourth-order valence-corrected chi connectivity index (χ4v) is 2.54. The van der Waals surface area contributed by atoms with Crippen molar-refractivity contribution in [1.82, 2.24) is 10.4 Å². The predicted octanol–water partition coefficient (Wildman–Crippen LogP) is 2.25. The average molecular weight is 291 g/mol. The van der Waals surface area contributed by atoms with E-state index in [1.54, 1.807) is 5.38 Å². The molecule has 0 bridgehead atoms. The molecule has 0 unspecified atom stereocenters. The molecule has 1 aromatic heterocycles. The van der Waals surface area contributed by atoms with Crippen LogP contribution in [0.15, 0.2) is 17.5 Å². The Balaban J connectivity index is 2.11. The lowest BCUT2D eigenvalue weighted by Gasteiger charge is -2.13. The van der Waals surface area contributed by atoms with Crippen LogP contribution < -0.4 is 16.0 Å². The number of rotatable bonds is 4. The summed E-state index contributed by atoms with van der Waals surface area (Å²) in [5.41, 5.74) is 6.18. The van der Waals surface area contributed by atoms with Gasteiger partial charge >= 0.3 is 0 Å². The van der Waals surface area contributed by atoms with Crippen molar-refractivity contribution < 1.29 is 9.53 Å².